The van der Waals surface area contributed by atoms with Gasteiger partial charge in [-0.15, -0.1) is 0 Å². The van der Waals surface area contributed by atoms with E-state index in [1.165, 1.54) is 12.4 Å². The lowest BCUT2D eigenvalue weighted by molar-refractivity contribution is 0.391. The molecule has 0 aromatic carbocycles. The summed E-state index contributed by atoms with van der Waals surface area (Å²) in [5, 5.41) is 9.89. The van der Waals surface area contributed by atoms with Crippen LogP contribution >= 0.6 is 0 Å². The van der Waals surface area contributed by atoms with Gasteiger partial charge >= 0.3 is 0 Å². The zero-order chi connectivity index (χ0) is 13.3. The van der Waals surface area contributed by atoms with E-state index in [0.29, 0.717) is 11.5 Å². The lowest BCUT2D eigenvalue weighted by atomic mass is 10.1. The highest BCUT2D eigenvalue weighted by Gasteiger charge is 2.23. The summed E-state index contributed by atoms with van der Waals surface area (Å²) in [4.78, 5) is 0.0983. The van der Waals surface area contributed by atoms with Crippen molar-refractivity contribution in [3.8, 4) is 0 Å². The first-order chi connectivity index (χ1) is 8.42. The van der Waals surface area contributed by atoms with E-state index >= 15 is 0 Å². The SMILES string of the molecule is Cc1noc(C)c1C(C)NS(=O)(=O)c1cn[nH]c1. The summed E-state index contributed by atoms with van der Waals surface area (Å²) >= 11 is 0. The Kier molecular flexibility index (Phi) is 3.22. The lowest BCUT2D eigenvalue weighted by Gasteiger charge is -2.12. The molecule has 98 valence electrons. The average molecular weight is 270 g/mol. The zero-order valence-corrected chi connectivity index (χ0v) is 11.1. The Balaban J connectivity index is 2.25. The summed E-state index contributed by atoms with van der Waals surface area (Å²) in [6, 6.07) is -0.420. The molecular weight excluding hydrogens is 256 g/mol. The third kappa shape index (κ3) is 2.29. The van der Waals surface area contributed by atoms with Gasteiger partial charge in [-0.2, -0.15) is 5.10 Å². The van der Waals surface area contributed by atoms with Gasteiger partial charge in [0, 0.05) is 17.8 Å². The second kappa shape index (κ2) is 4.54. The molecule has 0 amide bonds. The molecule has 0 aliphatic carbocycles. The number of aromatic amines is 1. The quantitative estimate of drug-likeness (QED) is 0.864. The third-order valence-electron chi connectivity index (χ3n) is 2.64. The molecule has 2 rings (SSSR count). The first kappa shape index (κ1) is 12.8. The predicted molar refractivity (Wildman–Crippen MR) is 63.3 cm³/mol. The summed E-state index contributed by atoms with van der Waals surface area (Å²) in [5.41, 5.74) is 1.43. The molecule has 1 atom stereocenters. The van der Waals surface area contributed by atoms with Gasteiger partial charge < -0.3 is 4.52 Å². The highest BCUT2D eigenvalue weighted by Crippen LogP contribution is 2.22. The van der Waals surface area contributed by atoms with Crippen LogP contribution in [0.2, 0.25) is 0 Å². The standard InChI is InChI=1S/C10H14N4O3S/c1-6-10(8(3)17-13-6)7(2)14-18(15,16)9-4-11-12-5-9/h4-5,7,14H,1-3H3,(H,11,12). The maximum absolute atomic E-state index is 12.0. The molecule has 2 N–H and O–H groups in total. The number of nitrogens with zero attached hydrogens (tertiary/aromatic N) is 2. The van der Waals surface area contributed by atoms with Crippen LogP contribution in [-0.2, 0) is 10.0 Å². The summed E-state index contributed by atoms with van der Waals surface area (Å²) in [6.07, 6.45) is 2.57. The van der Waals surface area contributed by atoms with Crippen molar-refractivity contribution in [3.63, 3.8) is 0 Å². The van der Waals surface area contributed by atoms with E-state index in [0.717, 1.165) is 5.56 Å². The summed E-state index contributed by atoms with van der Waals surface area (Å²) < 4.78 is 31.6. The highest BCUT2D eigenvalue weighted by atomic mass is 32.2. The molecule has 8 heteroatoms. The number of aryl methyl sites for hydroxylation is 2. The van der Waals surface area contributed by atoms with E-state index in [1.807, 2.05) is 0 Å². The van der Waals surface area contributed by atoms with Crippen LogP contribution in [0.25, 0.3) is 0 Å². The smallest absolute Gasteiger partial charge is 0.244 e. The number of hydrogen-bond donors (Lipinski definition) is 2. The van der Waals surface area contributed by atoms with Crippen LogP contribution < -0.4 is 4.72 Å². The van der Waals surface area contributed by atoms with Crippen molar-refractivity contribution in [2.75, 3.05) is 0 Å². The van der Waals surface area contributed by atoms with Crippen molar-refractivity contribution in [1.82, 2.24) is 20.1 Å². The Morgan fingerprint density at radius 1 is 1.44 bits per heavy atom. The number of H-pyrrole nitrogens is 1. The van der Waals surface area contributed by atoms with Crippen molar-refractivity contribution < 1.29 is 12.9 Å². The van der Waals surface area contributed by atoms with E-state index in [9.17, 15) is 8.42 Å². The van der Waals surface area contributed by atoms with Crippen LogP contribution in [0, 0.1) is 13.8 Å². The van der Waals surface area contributed by atoms with Crippen molar-refractivity contribution in [2.45, 2.75) is 31.7 Å². The van der Waals surface area contributed by atoms with E-state index < -0.39 is 16.1 Å². The summed E-state index contributed by atoms with van der Waals surface area (Å²) in [5.74, 6) is 0.606. The van der Waals surface area contributed by atoms with Crippen LogP contribution in [0.5, 0.6) is 0 Å². The van der Waals surface area contributed by atoms with E-state index in [-0.39, 0.29) is 4.90 Å². The Morgan fingerprint density at radius 3 is 2.67 bits per heavy atom. The topological polar surface area (TPSA) is 101 Å². The molecule has 0 saturated heterocycles. The Labute approximate surface area is 105 Å². The largest absolute Gasteiger partial charge is 0.361 e. The normalized spacial score (nSPS) is 13.7. The molecule has 2 aromatic rings. The van der Waals surface area contributed by atoms with Gasteiger partial charge in [0.05, 0.1) is 11.9 Å². The van der Waals surface area contributed by atoms with E-state index in [4.69, 9.17) is 4.52 Å². The van der Waals surface area contributed by atoms with Crippen LogP contribution in [0.3, 0.4) is 0 Å². The molecule has 0 aliphatic rings. The molecule has 1 unspecified atom stereocenters. The van der Waals surface area contributed by atoms with Crippen LogP contribution in [0.1, 0.15) is 30.0 Å². The molecule has 0 fully saturated rings. The Bertz CT molecular complexity index is 611. The molecule has 18 heavy (non-hydrogen) atoms. The first-order valence-electron chi connectivity index (χ1n) is 5.35. The molecule has 2 heterocycles. The number of aromatic nitrogens is 3. The van der Waals surface area contributed by atoms with E-state index in [1.54, 1.807) is 20.8 Å². The summed E-state index contributed by atoms with van der Waals surface area (Å²) in [6.45, 7) is 5.26. The van der Waals surface area contributed by atoms with Gasteiger partial charge in [0.25, 0.3) is 0 Å². The molecule has 0 aliphatic heterocycles. The molecule has 0 spiro atoms. The molecular formula is C10H14N4O3S. The maximum atomic E-state index is 12.0. The fourth-order valence-corrected chi connectivity index (χ4v) is 2.97. The van der Waals surface area contributed by atoms with E-state index in [2.05, 4.69) is 20.1 Å². The van der Waals surface area contributed by atoms with Gasteiger partial charge in [-0.05, 0) is 20.8 Å². The number of sulfonamides is 1. The van der Waals surface area contributed by atoms with Gasteiger partial charge in [0.1, 0.15) is 10.7 Å². The molecule has 0 saturated carbocycles. The van der Waals surface area contributed by atoms with Crippen molar-refractivity contribution in [3.05, 3.63) is 29.4 Å². The second-order valence-corrected chi connectivity index (χ2v) is 5.73. The maximum Gasteiger partial charge on any atom is 0.244 e. The van der Waals surface area contributed by atoms with Gasteiger partial charge in [0.15, 0.2) is 0 Å². The minimum atomic E-state index is -3.59. The van der Waals surface area contributed by atoms with Crippen LogP contribution in [-0.4, -0.2) is 23.8 Å². The minimum Gasteiger partial charge on any atom is -0.361 e. The van der Waals surface area contributed by atoms with Gasteiger partial charge in [-0.3, -0.25) is 5.10 Å². The fourth-order valence-electron chi connectivity index (χ4n) is 1.85. The Hall–Kier alpha value is -1.67. The zero-order valence-electron chi connectivity index (χ0n) is 10.3. The lowest BCUT2D eigenvalue weighted by Crippen LogP contribution is -2.27. The van der Waals surface area contributed by atoms with Crippen molar-refractivity contribution in [1.29, 1.82) is 0 Å². The highest BCUT2D eigenvalue weighted by molar-refractivity contribution is 7.89. The van der Waals surface area contributed by atoms with Crippen LogP contribution in [0.4, 0.5) is 0 Å². The fraction of sp³-hybridized carbons (Fsp3) is 0.400. The third-order valence-corrected chi connectivity index (χ3v) is 4.14. The van der Waals surface area contributed by atoms with Gasteiger partial charge in [-0.25, -0.2) is 13.1 Å². The monoisotopic (exact) mass is 270 g/mol. The summed E-state index contributed by atoms with van der Waals surface area (Å²) in [7, 11) is -3.59. The predicted octanol–water partition coefficient (Wildman–Crippen LogP) is 1.05. The second-order valence-electron chi connectivity index (χ2n) is 4.01. The number of hydrogen-bond acceptors (Lipinski definition) is 5. The number of nitrogens with one attached hydrogen (secondary N) is 2. The van der Waals surface area contributed by atoms with Crippen LogP contribution in [0.15, 0.2) is 21.8 Å². The number of rotatable bonds is 4. The minimum absolute atomic E-state index is 0.0983. The van der Waals surface area contributed by atoms with Crippen molar-refractivity contribution in [2.24, 2.45) is 0 Å². The average Bonchev–Trinajstić information content (AvgIpc) is 2.88. The molecule has 7 nitrogen and oxygen atoms in total. The molecule has 2 aromatic heterocycles. The first-order valence-corrected chi connectivity index (χ1v) is 6.84. The van der Waals surface area contributed by atoms with Gasteiger partial charge in [-0.1, -0.05) is 5.16 Å². The molecule has 0 radical (unpaired) electrons. The molecule has 0 bridgehead atoms. The van der Waals surface area contributed by atoms with Crippen molar-refractivity contribution >= 4 is 10.0 Å². The van der Waals surface area contributed by atoms with Gasteiger partial charge in [0.2, 0.25) is 10.0 Å². The Morgan fingerprint density at radius 2 is 2.17 bits per heavy atom.